The van der Waals surface area contributed by atoms with E-state index in [1.165, 1.54) is 24.3 Å². The molecule has 0 radical (unpaired) electrons. The average Bonchev–Trinajstić information content (AvgIpc) is 3.24. The zero-order valence-corrected chi connectivity index (χ0v) is 15.2. The molecule has 0 aliphatic heterocycles. The zero-order valence-electron chi connectivity index (χ0n) is 15.2. The van der Waals surface area contributed by atoms with Crippen LogP contribution in [-0.4, -0.2) is 26.1 Å². The van der Waals surface area contributed by atoms with Gasteiger partial charge in [-0.1, -0.05) is 12.1 Å². The fraction of sp³-hybridized carbons (Fsp3) is 0.100. The summed E-state index contributed by atoms with van der Waals surface area (Å²) in [4.78, 5) is 27.1. The molecule has 0 spiro atoms. The SMILES string of the molecule is CC(OC(=O)c1cccc2ncccc12)c1nnc(-c2ccc([N+](=O)[O-])cc2)o1. The van der Waals surface area contributed by atoms with Gasteiger partial charge in [-0.05, 0) is 37.3 Å². The molecule has 9 nitrogen and oxygen atoms in total. The maximum atomic E-state index is 12.6. The highest BCUT2D eigenvalue weighted by molar-refractivity contribution is 6.03. The molecule has 4 aromatic rings. The highest BCUT2D eigenvalue weighted by Gasteiger charge is 2.21. The Labute approximate surface area is 164 Å². The third-order valence-electron chi connectivity index (χ3n) is 4.26. The predicted molar refractivity (Wildman–Crippen MR) is 102 cm³/mol. The summed E-state index contributed by atoms with van der Waals surface area (Å²) < 4.78 is 11.1. The van der Waals surface area contributed by atoms with Crippen molar-refractivity contribution in [1.82, 2.24) is 15.2 Å². The molecule has 0 fully saturated rings. The number of pyridine rings is 1. The molecule has 29 heavy (non-hydrogen) atoms. The number of nitro benzene ring substituents is 1. The second kappa shape index (κ2) is 7.47. The first-order chi connectivity index (χ1) is 14.0. The number of esters is 1. The second-order valence-corrected chi connectivity index (χ2v) is 6.17. The molecule has 0 aliphatic carbocycles. The van der Waals surface area contributed by atoms with Gasteiger partial charge in [0.2, 0.25) is 5.89 Å². The van der Waals surface area contributed by atoms with Crippen LogP contribution >= 0.6 is 0 Å². The van der Waals surface area contributed by atoms with Crippen LogP contribution in [0.1, 0.15) is 29.3 Å². The fourth-order valence-electron chi connectivity index (χ4n) is 2.80. The number of rotatable bonds is 5. The Morgan fingerprint density at radius 2 is 1.90 bits per heavy atom. The number of carbonyl (C=O) groups is 1. The van der Waals surface area contributed by atoms with E-state index in [2.05, 4.69) is 15.2 Å². The van der Waals surface area contributed by atoms with E-state index >= 15 is 0 Å². The molecule has 1 atom stereocenters. The van der Waals surface area contributed by atoms with Crippen molar-refractivity contribution in [2.75, 3.05) is 0 Å². The number of non-ortho nitro benzene ring substituents is 1. The lowest BCUT2D eigenvalue weighted by Gasteiger charge is -2.10. The van der Waals surface area contributed by atoms with Crippen LogP contribution in [0.5, 0.6) is 0 Å². The molecule has 0 N–H and O–H groups in total. The van der Waals surface area contributed by atoms with Crippen molar-refractivity contribution < 1.29 is 18.9 Å². The van der Waals surface area contributed by atoms with Gasteiger partial charge in [0.25, 0.3) is 11.6 Å². The maximum absolute atomic E-state index is 12.6. The van der Waals surface area contributed by atoms with Crippen LogP contribution in [0, 0.1) is 10.1 Å². The van der Waals surface area contributed by atoms with Crippen molar-refractivity contribution in [2.45, 2.75) is 13.0 Å². The standard InChI is InChI=1S/C20H14N4O5/c1-12(28-20(25)16-4-2-6-17-15(16)5-3-11-21-17)18-22-23-19(29-18)13-7-9-14(10-8-13)24(26)27/h2-12H,1H3. The van der Waals surface area contributed by atoms with Crippen LogP contribution in [-0.2, 0) is 4.74 Å². The Balaban J connectivity index is 1.52. The lowest BCUT2D eigenvalue weighted by molar-refractivity contribution is -0.384. The summed E-state index contributed by atoms with van der Waals surface area (Å²) in [6.45, 7) is 1.62. The summed E-state index contributed by atoms with van der Waals surface area (Å²) >= 11 is 0. The first-order valence-electron chi connectivity index (χ1n) is 8.66. The molecule has 0 bridgehead atoms. The highest BCUT2D eigenvalue weighted by atomic mass is 16.6. The van der Waals surface area contributed by atoms with Crippen molar-refractivity contribution in [3.8, 4) is 11.5 Å². The molecule has 2 aromatic carbocycles. The minimum absolute atomic E-state index is 0.0413. The summed E-state index contributed by atoms with van der Waals surface area (Å²) in [5, 5.41) is 19.3. The van der Waals surface area contributed by atoms with Crippen molar-refractivity contribution in [3.05, 3.63) is 82.4 Å². The molecule has 2 aromatic heterocycles. The number of nitro groups is 1. The first-order valence-corrected chi connectivity index (χ1v) is 8.66. The Bertz CT molecular complexity index is 1200. The third kappa shape index (κ3) is 3.65. The van der Waals surface area contributed by atoms with Gasteiger partial charge in [0.1, 0.15) is 0 Å². The van der Waals surface area contributed by atoms with Gasteiger partial charge in [-0.2, -0.15) is 0 Å². The third-order valence-corrected chi connectivity index (χ3v) is 4.26. The topological polar surface area (TPSA) is 121 Å². The number of nitrogens with zero attached hydrogens (tertiary/aromatic N) is 4. The van der Waals surface area contributed by atoms with Crippen molar-refractivity contribution in [1.29, 1.82) is 0 Å². The monoisotopic (exact) mass is 390 g/mol. The zero-order chi connectivity index (χ0) is 20.4. The van der Waals surface area contributed by atoms with Crippen LogP contribution < -0.4 is 0 Å². The Morgan fingerprint density at radius 3 is 2.66 bits per heavy atom. The molecule has 144 valence electrons. The molecular weight excluding hydrogens is 376 g/mol. The van der Waals surface area contributed by atoms with Crippen molar-refractivity contribution in [2.24, 2.45) is 0 Å². The van der Waals surface area contributed by atoms with Gasteiger partial charge in [-0.3, -0.25) is 15.1 Å². The van der Waals surface area contributed by atoms with Gasteiger partial charge in [-0.15, -0.1) is 10.2 Å². The molecule has 4 rings (SSSR count). The van der Waals surface area contributed by atoms with Crippen LogP contribution in [0.15, 0.2) is 65.2 Å². The van der Waals surface area contributed by atoms with Gasteiger partial charge in [0.15, 0.2) is 6.10 Å². The van der Waals surface area contributed by atoms with Crippen molar-refractivity contribution >= 4 is 22.6 Å². The van der Waals surface area contributed by atoms with Crippen LogP contribution in [0.2, 0.25) is 0 Å². The molecule has 9 heteroatoms. The Kier molecular flexibility index (Phi) is 4.70. The Morgan fingerprint density at radius 1 is 1.10 bits per heavy atom. The summed E-state index contributed by atoms with van der Waals surface area (Å²) in [5.74, 6) is -0.247. The summed E-state index contributed by atoms with van der Waals surface area (Å²) in [6.07, 6.45) is 0.867. The van der Waals surface area contributed by atoms with Crippen molar-refractivity contribution in [3.63, 3.8) is 0 Å². The van der Waals surface area contributed by atoms with Gasteiger partial charge < -0.3 is 9.15 Å². The minimum Gasteiger partial charge on any atom is -0.449 e. The van der Waals surface area contributed by atoms with Crippen LogP contribution in [0.3, 0.4) is 0 Å². The van der Waals surface area contributed by atoms with Gasteiger partial charge >= 0.3 is 5.97 Å². The number of benzene rings is 2. The van der Waals surface area contributed by atoms with Crippen LogP contribution in [0.4, 0.5) is 5.69 Å². The van der Waals surface area contributed by atoms with Gasteiger partial charge in [0.05, 0.1) is 16.0 Å². The number of hydrogen-bond donors (Lipinski definition) is 0. The highest BCUT2D eigenvalue weighted by Crippen LogP contribution is 2.26. The van der Waals surface area contributed by atoms with E-state index in [4.69, 9.17) is 9.15 Å². The number of aromatic nitrogens is 3. The lowest BCUT2D eigenvalue weighted by Crippen LogP contribution is -2.10. The normalized spacial score (nSPS) is 11.9. The number of hydrogen-bond acceptors (Lipinski definition) is 8. The first kappa shape index (κ1) is 18.2. The van der Waals surface area contributed by atoms with Crippen LogP contribution in [0.25, 0.3) is 22.4 Å². The van der Waals surface area contributed by atoms with Gasteiger partial charge in [-0.25, -0.2) is 4.79 Å². The smallest absolute Gasteiger partial charge is 0.339 e. The number of carbonyl (C=O) groups excluding carboxylic acids is 1. The predicted octanol–water partition coefficient (Wildman–Crippen LogP) is 4.11. The Hall–Kier alpha value is -4.14. The fourth-order valence-corrected chi connectivity index (χ4v) is 2.80. The van der Waals surface area contributed by atoms with E-state index in [1.54, 1.807) is 37.4 Å². The van der Waals surface area contributed by atoms with E-state index < -0.39 is 17.0 Å². The average molecular weight is 390 g/mol. The molecule has 0 aliphatic rings. The van der Waals surface area contributed by atoms with E-state index in [0.29, 0.717) is 22.0 Å². The van der Waals surface area contributed by atoms with E-state index in [0.717, 1.165) is 0 Å². The molecule has 1 unspecified atom stereocenters. The summed E-state index contributed by atoms with van der Waals surface area (Å²) in [7, 11) is 0. The molecule has 2 heterocycles. The van der Waals surface area contributed by atoms with E-state index in [1.807, 2.05) is 6.07 Å². The quantitative estimate of drug-likeness (QED) is 0.283. The molecular formula is C20H14N4O5. The van der Waals surface area contributed by atoms with E-state index in [9.17, 15) is 14.9 Å². The largest absolute Gasteiger partial charge is 0.449 e. The summed E-state index contributed by atoms with van der Waals surface area (Å²) in [5.41, 5.74) is 1.55. The maximum Gasteiger partial charge on any atom is 0.339 e. The molecule has 0 amide bonds. The number of fused-ring (bicyclic) bond motifs is 1. The van der Waals surface area contributed by atoms with E-state index in [-0.39, 0.29) is 17.5 Å². The molecule has 0 saturated carbocycles. The second-order valence-electron chi connectivity index (χ2n) is 6.17. The number of ether oxygens (including phenoxy) is 1. The minimum atomic E-state index is -0.784. The van der Waals surface area contributed by atoms with Gasteiger partial charge in [0, 0.05) is 29.3 Å². The summed E-state index contributed by atoms with van der Waals surface area (Å²) in [6, 6.07) is 14.5. The molecule has 0 saturated heterocycles. The lowest BCUT2D eigenvalue weighted by atomic mass is 10.1.